The summed E-state index contributed by atoms with van der Waals surface area (Å²) in [4.78, 5) is 8.91. The van der Waals surface area contributed by atoms with Gasteiger partial charge in [-0.1, -0.05) is 10.4 Å². The number of anilines is 1. The van der Waals surface area contributed by atoms with Gasteiger partial charge in [-0.2, -0.15) is 9.67 Å². The highest BCUT2D eigenvalue weighted by atomic mass is 16.5. The Balaban J connectivity index is 1.57. The summed E-state index contributed by atoms with van der Waals surface area (Å²) in [6, 6.07) is 7.66. The van der Waals surface area contributed by atoms with Crippen LogP contribution in [0.1, 0.15) is 19.3 Å². The summed E-state index contributed by atoms with van der Waals surface area (Å²) < 4.78 is 6.85. The van der Waals surface area contributed by atoms with Crippen LogP contribution in [-0.4, -0.2) is 49.2 Å². The highest BCUT2D eigenvalue weighted by Gasteiger charge is 2.28. The first-order valence-electron chi connectivity index (χ1n) is 8.64. The molecule has 0 saturated heterocycles. The van der Waals surface area contributed by atoms with Crippen LogP contribution in [0.4, 0.5) is 5.95 Å². The summed E-state index contributed by atoms with van der Waals surface area (Å²) in [5.74, 6) is 1.62. The van der Waals surface area contributed by atoms with E-state index in [4.69, 9.17) is 15.7 Å². The van der Waals surface area contributed by atoms with Gasteiger partial charge in [0.05, 0.1) is 19.0 Å². The van der Waals surface area contributed by atoms with Crippen molar-refractivity contribution in [1.82, 2.24) is 25.0 Å². The maximum absolute atomic E-state index is 8.83. The number of hydrogen-bond donors (Lipinski definition) is 3. The summed E-state index contributed by atoms with van der Waals surface area (Å²) in [6.07, 6.45) is 4.18. The van der Waals surface area contributed by atoms with Crippen LogP contribution in [0, 0.1) is 5.92 Å². The Morgan fingerprint density at radius 1 is 1.33 bits per heavy atom. The zero-order valence-corrected chi connectivity index (χ0v) is 14.8. The number of benzene rings is 1. The average Bonchev–Trinajstić information content (AvgIpc) is 3.34. The van der Waals surface area contributed by atoms with Crippen LogP contribution in [0.25, 0.3) is 16.9 Å². The molecule has 1 aromatic carbocycles. The number of aromatic nitrogens is 5. The normalized spacial score (nSPS) is 20.1. The van der Waals surface area contributed by atoms with E-state index in [0.717, 1.165) is 30.7 Å². The van der Waals surface area contributed by atoms with Crippen molar-refractivity contribution in [3.05, 3.63) is 30.5 Å². The van der Waals surface area contributed by atoms with Crippen LogP contribution >= 0.6 is 0 Å². The summed E-state index contributed by atoms with van der Waals surface area (Å²) in [7, 11) is 1.62. The van der Waals surface area contributed by atoms with Gasteiger partial charge in [0, 0.05) is 12.0 Å². The number of nitrogens with two attached hydrogens (primary N) is 1. The van der Waals surface area contributed by atoms with Crippen molar-refractivity contribution >= 4 is 22.9 Å². The Hall–Kier alpha value is -3.43. The molecular formula is C17H20N8O2. The molecule has 0 bridgehead atoms. The first kappa shape index (κ1) is 17.0. The van der Waals surface area contributed by atoms with E-state index in [1.807, 2.05) is 24.3 Å². The van der Waals surface area contributed by atoms with Gasteiger partial charge in [-0.25, -0.2) is 4.98 Å². The number of nitrogens with one attached hydrogen (secondary N) is 1. The number of ether oxygens (including phenoxy) is 1. The molecule has 4 rings (SSSR count). The lowest BCUT2D eigenvalue weighted by Crippen LogP contribution is -2.24. The first-order valence-corrected chi connectivity index (χ1v) is 8.64. The predicted octanol–water partition coefficient (Wildman–Crippen LogP) is 1.55. The van der Waals surface area contributed by atoms with Gasteiger partial charge in [0.15, 0.2) is 11.2 Å². The second kappa shape index (κ2) is 7.06. The number of methoxy groups -OCH3 is 1. The number of nitrogens with zero attached hydrogens (tertiary/aromatic N) is 6. The fourth-order valence-corrected chi connectivity index (χ4v) is 3.34. The maximum atomic E-state index is 8.83. The van der Waals surface area contributed by atoms with Gasteiger partial charge in [0.1, 0.15) is 11.6 Å². The van der Waals surface area contributed by atoms with Crippen molar-refractivity contribution in [2.45, 2.75) is 25.3 Å². The van der Waals surface area contributed by atoms with Gasteiger partial charge in [-0.15, -0.1) is 5.10 Å². The summed E-state index contributed by atoms with van der Waals surface area (Å²) >= 11 is 0. The van der Waals surface area contributed by atoms with Crippen molar-refractivity contribution in [3.63, 3.8) is 0 Å². The molecule has 0 radical (unpaired) electrons. The van der Waals surface area contributed by atoms with E-state index in [2.05, 4.69) is 30.8 Å². The van der Waals surface area contributed by atoms with E-state index in [1.165, 1.54) is 0 Å². The summed E-state index contributed by atoms with van der Waals surface area (Å²) in [5.41, 5.74) is 7.76. The van der Waals surface area contributed by atoms with Crippen molar-refractivity contribution in [1.29, 1.82) is 0 Å². The molecule has 2 heterocycles. The fourth-order valence-electron chi connectivity index (χ4n) is 3.34. The van der Waals surface area contributed by atoms with Crippen molar-refractivity contribution in [3.8, 4) is 11.4 Å². The van der Waals surface area contributed by atoms with E-state index < -0.39 is 0 Å². The van der Waals surface area contributed by atoms with Crippen molar-refractivity contribution < 1.29 is 9.94 Å². The van der Waals surface area contributed by atoms with Gasteiger partial charge in [-0.05, 0) is 43.5 Å². The number of rotatable bonds is 5. The Labute approximate surface area is 155 Å². The molecule has 1 aliphatic carbocycles. The smallest absolute Gasteiger partial charge is 0.225 e. The molecule has 10 heteroatoms. The molecule has 2 aromatic heterocycles. The predicted molar refractivity (Wildman–Crippen MR) is 99.2 cm³/mol. The van der Waals surface area contributed by atoms with Crippen molar-refractivity contribution in [2.24, 2.45) is 16.8 Å². The Morgan fingerprint density at radius 3 is 2.89 bits per heavy atom. The van der Waals surface area contributed by atoms with E-state index in [-0.39, 0.29) is 17.8 Å². The standard InChI is InChI=1S/C17H20N8O2/c1-27-13-6-4-12(5-7-13)25-16-14(22-24-25)9-19-17(21-16)20-11-3-2-10(8-11)15(18)23-26/h4-7,9-11,26H,2-3,8H2,1H3,(H2,18,23)(H,19,20,21)/t10-,11+/m0/s1. The van der Waals surface area contributed by atoms with E-state index in [9.17, 15) is 0 Å². The highest BCUT2D eigenvalue weighted by molar-refractivity contribution is 5.82. The van der Waals surface area contributed by atoms with Crippen LogP contribution in [0.2, 0.25) is 0 Å². The zero-order chi connectivity index (χ0) is 18.8. The molecule has 1 aliphatic rings. The average molecular weight is 368 g/mol. The second-order valence-electron chi connectivity index (χ2n) is 6.48. The lowest BCUT2D eigenvalue weighted by Gasteiger charge is -2.12. The number of amidine groups is 1. The largest absolute Gasteiger partial charge is 0.497 e. The monoisotopic (exact) mass is 368 g/mol. The third-order valence-corrected chi connectivity index (χ3v) is 4.81. The molecule has 27 heavy (non-hydrogen) atoms. The van der Waals surface area contributed by atoms with Gasteiger partial charge < -0.3 is 21.0 Å². The SMILES string of the molecule is COc1ccc(-n2nnc3cnc(N[C@@H]4CC[C@H](/C(N)=N/O)C4)nc32)cc1. The molecule has 4 N–H and O–H groups in total. The van der Waals surface area contributed by atoms with Crippen LogP contribution in [0.15, 0.2) is 35.6 Å². The molecule has 2 atom stereocenters. The molecule has 0 amide bonds. The van der Waals surface area contributed by atoms with Gasteiger partial charge in [-0.3, -0.25) is 0 Å². The minimum absolute atomic E-state index is 0.0720. The Bertz CT molecular complexity index is 969. The fraction of sp³-hybridized carbons (Fsp3) is 0.353. The van der Waals surface area contributed by atoms with E-state index >= 15 is 0 Å². The van der Waals surface area contributed by atoms with Crippen molar-refractivity contribution in [2.75, 3.05) is 12.4 Å². The van der Waals surface area contributed by atoms with Gasteiger partial charge in [0.2, 0.25) is 5.95 Å². The third-order valence-electron chi connectivity index (χ3n) is 4.81. The molecule has 1 saturated carbocycles. The minimum Gasteiger partial charge on any atom is -0.497 e. The minimum atomic E-state index is 0.0720. The van der Waals surface area contributed by atoms with E-state index in [1.54, 1.807) is 18.0 Å². The van der Waals surface area contributed by atoms with E-state index in [0.29, 0.717) is 17.1 Å². The number of fused-ring (bicyclic) bond motifs is 1. The summed E-state index contributed by atoms with van der Waals surface area (Å²) in [5, 5.41) is 23.6. The quantitative estimate of drug-likeness (QED) is 0.267. The Kier molecular flexibility index (Phi) is 4.45. The third kappa shape index (κ3) is 3.33. The molecule has 140 valence electrons. The molecule has 0 aliphatic heterocycles. The zero-order valence-electron chi connectivity index (χ0n) is 14.8. The lowest BCUT2D eigenvalue weighted by atomic mass is 10.1. The lowest BCUT2D eigenvalue weighted by molar-refractivity contribution is 0.314. The number of hydrogen-bond acceptors (Lipinski definition) is 8. The maximum Gasteiger partial charge on any atom is 0.225 e. The number of oxime groups is 1. The Morgan fingerprint density at radius 2 is 2.15 bits per heavy atom. The topological polar surface area (TPSA) is 136 Å². The van der Waals surface area contributed by atoms with Crippen LogP contribution < -0.4 is 15.8 Å². The summed E-state index contributed by atoms with van der Waals surface area (Å²) in [6.45, 7) is 0. The van der Waals surface area contributed by atoms with Crippen LogP contribution in [0.3, 0.4) is 0 Å². The first-order chi connectivity index (χ1) is 13.2. The van der Waals surface area contributed by atoms with Crippen LogP contribution in [-0.2, 0) is 0 Å². The van der Waals surface area contributed by atoms with Crippen LogP contribution in [0.5, 0.6) is 5.75 Å². The second-order valence-corrected chi connectivity index (χ2v) is 6.48. The molecule has 3 aromatic rings. The highest BCUT2D eigenvalue weighted by Crippen LogP contribution is 2.28. The molecule has 0 unspecified atom stereocenters. The molecule has 1 fully saturated rings. The van der Waals surface area contributed by atoms with Gasteiger partial charge >= 0.3 is 0 Å². The van der Waals surface area contributed by atoms with Gasteiger partial charge in [0.25, 0.3) is 0 Å². The molecular weight excluding hydrogens is 348 g/mol. The molecule has 0 spiro atoms. The molecule has 10 nitrogen and oxygen atoms in total.